The maximum Gasteiger partial charge on any atom is 0.338 e. The first-order valence-corrected chi connectivity index (χ1v) is 9.55. The molecule has 28 heavy (non-hydrogen) atoms. The molecule has 1 atom stereocenters. The zero-order valence-electron chi connectivity index (χ0n) is 15.9. The van der Waals surface area contributed by atoms with E-state index in [1.54, 1.807) is 6.92 Å². The van der Waals surface area contributed by atoms with Gasteiger partial charge in [0.15, 0.2) is 6.61 Å². The highest BCUT2D eigenvalue weighted by molar-refractivity contribution is 6.34. The Morgan fingerprint density at radius 1 is 1.32 bits per heavy atom. The van der Waals surface area contributed by atoms with E-state index in [1.807, 2.05) is 6.92 Å². The Labute approximate surface area is 168 Å². The zero-order chi connectivity index (χ0) is 20.7. The molecule has 0 aromatic heterocycles. The highest BCUT2D eigenvalue weighted by Gasteiger charge is 2.25. The summed E-state index contributed by atoms with van der Waals surface area (Å²) in [4.78, 5) is 49.3. The van der Waals surface area contributed by atoms with Gasteiger partial charge in [-0.3, -0.25) is 14.4 Å². The number of carbonyl (C=O) groups excluding carboxylic acids is 4. The maximum absolute atomic E-state index is 12.2. The van der Waals surface area contributed by atoms with Crippen molar-refractivity contribution >= 4 is 41.0 Å². The van der Waals surface area contributed by atoms with Crippen LogP contribution in [0.2, 0.25) is 5.02 Å². The molecule has 2 N–H and O–H groups in total. The average molecular weight is 410 g/mol. The highest BCUT2D eigenvalue weighted by Crippen LogP contribution is 2.30. The van der Waals surface area contributed by atoms with Crippen LogP contribution < -0.4 is 15.5 Å². The van der Waals surface area contributed by atoms with Crippen molar-refractivity contribution < 1.29 is 23.9 Å². The standard InChI is InChI=1S/C19H24ClN3O5/c1-3-8-21-18(26)12(2)22-16(24)11-28-19(27)13-6-7-14(20)15(10-13)23-9-4-5-17(23)25/h6-7,10,12H,3-5,8-9,11H2,1-2H3,(H,21,26)(H,22,24)/t12-/m1/s1. The molecule has 1 saturated heterocycles. The van der Waals surface area contributed by atoms with E-state index in [9.17, 15) is 19.2 Å². The lowest BCUT2D eigenvalue weighted by Gasteiger charge is -2.18. The van der Waals surface area contributed by atoms with Crippen LogP contribution in [0.4, 0.5) is 5.69 Å². The summed E-state index contributed by atoms with van der Waals surface area (Å²) in [7, 11) is 0. The van der Waals surface area contributed by atoms with E-state index in [0.29, 0.717) is 30.2 Å². The number of carbonyl (C=O) groups is 4. The molecule has 1 heterocycles. The van der Waals surface area contributed by atoms with Crippen molar-refractivity contribution in [1.29, 1.82) is 0 Å². The predicted molar refractivity (Wildman–Crippen MR) is 104 cm³/mol. The first-order chi connectivity index (χ1) is 13.3. The number of anilines is 1. The smallest absolute Gasteiger partial charge is 0.338 e. The van der Waals surface area contributed by atoms with E-state index in [-0.39, 0.29) is 17.4 Å². The van der Waals surface area contributed by atoms with Crippen LogP contribution in [0.3, 0.4) is 0 Å². The van der Waals surface area contributed by atoms with Gasteiger partial charge in [-0.1, -0.05) is 18.5 Å². The minimum absolute atomic E-state index is 0.0536. The van der Waals surface area contributed by atoms with Crippen LogP contribution in [0, 0.1) is 0 Å². The Kier molecular flexibility index (Phi) is 7.80. The quantitative estimate of drug-likeness (QED) is 0.635. The Morgan fingerprint density at radius 3 is 2.71 bits per heavy atom. The molecule has 9 heteroatoms. The summed E-state index contributed by atoms with van der Waals surface area (Å²) in [6.45, 7) is 4.00. The molecule has 1 aliphatic heterocycles. The largest absolute Gasteiger partial charge is 0.452 e. The SMILES string of the molecule is CCCNC(=O)[C@@H](C)NC(=O)COC(=O)c1ccc(Cl)c(N2CCCC2=O)c1. The van der Waals surface area contributed by atoms with Crippen molar-refractivity contribution in [3.63, 3.8) is 0 Å². The van der Waals surface area contributed by atoms with Crippen LogP contribution in [0.5, 0.6) is 0 Å². The zero-order valence-corrected chi connectivity index (χ0v) is 16.7. The van der Waals surface area contributed by atoms with Gasteiger partial charge >= 0.3 is 5.97 Å². The molecule has 0 spiro atoms. The summed E-state index contributed by atoms with van der Waals surface area (Å²) in [5, 5.41) is 5.49. The Balaban J connectivity index is 1.91. The number of rotatable bonds is 8. The first kappa shape index (κ1) is 21.7. The molecule has 2 rings (SSSR count). The lowest BCUT2D eigenvalue weighted by molar-refractivity contribution is -0.130. The molecule has 1 aromatic rings. The fourth-order valence-corrected chi connectivity index (χ4v) is 2.93. The predicted octanol–water partition coefficient (Wildman–Crippen LogP) is 1.65. The minimum Gasteiger partial charge on any atom is -0.452 e. The second kappa shape index (κ2) is 10.1. The third kappa shape index (κ3) is 5.69. The van der Waals surface area contributed by atoms with E-state index in [0.717, 1.165) is 12.8 Å². The monoisotopic (exact) mass is 409 g/mol. The van der Waals surface area contributed by atoms with E-state index < -0.39 is 24.5 Å². The number of nitrogens with one attached hydrogen (secondary N) is 2. The molecule has 1 fully saturated rings. The van der Waals surface area contributed by atoms with Gasteiger partial charge in [0.25, 0.3) is 5.91 Å². The second-order valence-electron chi connectivity index (χ2n) is 6.47. The number of hydrogen-bond donors (Lipinski definition) is 2. The van der Waals surface area contributed by atoms with Crippen LogP contribution >= 0.6 is 11.6 Å². The Morgan fingerprint density at radius 2 is 2.07 bits per heavy atom. The molecule has 1 aliphatic rings. The van der Waals surface area contributed by atoms with Gasteiger partial charge in [0.05, 0.1) is 16.3 Å². The minimum atomic E-state index is -0.735. The molecule has 0 radical (unpaired) electrons. The lowest BCUT2D eigenvalue weighted by atomic mass is 10.2. The number of esters is 1. The Bertz CT molecular complexity index is 768. The number of nitrogens with zero attached hydrogens (tertiary/aromatic N) is 1. The number of hydrogen-bond acceptors (Lipinski definition) is 5. The molecule has 0 bridgehead atoms. The van der Waals surface area contributed by atoms with E-state index in [2.05, 4.69) is 10.6 Å². The van der Waals surface area contributed by atoms with Gasteiger partial charge in [-0.05, 0) is 38.0 Å². The molecule has 0 saturated carbocycles. The van der Waals surface area contributed by atoms with Crippen molar-refractivity contribution in [3.05, 3.63) is 28.8 Å². The van der Waals surface area contributed by atoms with Gasteiger partial charge in [-0.15, -0.1) is 0 Å². The average Bonchev–Trinajstić information content (AvgIpc) is 3.10. The van der Waals surface area contributed by atoms with Crippen molar-refractivity contribution in [1.82, 2.24) is 10.6 Å². The van der Waals surface area contributed by atoms with Crippen molar-refractivity contribution in [2.75, 3.05) is 24.6 Å². The summed E-state index contributed by atoms with van der Waals surface area (Å²) in [5.74, 6) is -1.67. The van der Waals surface area contributed by atoms with Gasteiger partial charge in [-0.25, -0.2) is 4.79 Å². The lowest BCUT2D eigenvalue weighted by Crippen LogP contribution is -2.46. The molecule has 0 aliphatic carbocycles. The van der Waals surface area contributed by atoms with Crippen LogP contribution in [0.1, 0.15) is 43.5 Å². The van der Waals surface area contributed by atoms with Crippen LogP contribution in [0.15, 0.2) is 18.2 Å². The summed E-state index contributed by atoms with van der Waals surface area (Å²) >= 11 is 6.15. The van der Waals surface area contributed by atoms with Crippen molar-refractivity contribution in [3.8, 4) is 0 Å². The van der Waals surface area contributed by atoms with Crippen LogP contribution in [0.25, 0.3) is 0 Å². The molecule has 1 aromatic carbocycles. The topological polar surface area (TPSA) is 105 Å². The molecule has 0 unspecified atom stereocenters. The third-order valence-electron chi connectivity index (χ3n) is 4.20. The van der Waals surface area contributed by atoms with Crippen LogP contribution in [-0.2, 0) is 19.1 Å². The molecular formula is C19H24ClN3O5. The van der Waals surface area contributed by atoms with Crippen molar-refractivity contribution in [2.45, 2.75) is 39.2 Å². The number of ether oxygens (including phenoxy) is 1. The van der Waals surface area contributed by atoms with E-state index >= 15 is 0 Å². The normalized spacial score (nSPS) is 14.5. The first-order valence-electron chi connectivity index (χ1n) is 9.17. The van der Waals surface area contributed by atoms with E-state index in [4.69, 9.17) is 16.3 Å². The summed E-state index contributed by atoms with van der Waals surface area (Å²) in [5.41, 5.74) is 0.630. The van der Waals surface area contributed by atoms with Crippen LogP contribution in [-0.4, -0.2) is 49.4 Å². The molecule has 8 nitrogen and oxygen atoms in total. The fourth-order valence-electron chi connectivity index (χ4n) is 2.71. The van der Waals surface area contributed by atoms with Gasteiger partial charge in [-0.2, -0.15) is 0 Å². The van der Waals surface area contributed by atoms with E-state index in [1.165, 1.54) is 23.1 Å². The summed E-state index contributed by atoms with van der Waals surface area (Å²) < 4.78 is 5.01. The number of amides is 3. The fraction of sp³-hybridized carbons (Fsp3) is 0.474. The second-order valence-corrected chi connectivity index (χ2v) is 6.88. The number of benzene rings is 1. The summed E-state index contributed by atoms with van der Waals surface area (Å²) in [6.07, 6.45) is 1.96. The highest BCUT2D eigenvalue weighted by atomic mass is 35.5. The number of halogens is 1. The molecule has 3 amide bonds. The van der Waals surface area contributed by atoms with Gasteiger partial charge in [0.2, 0.25) is 11.8 Å². The molecular weight excluding hydrogens is 386 g/mol. The maximum atomic E-state index is 12.2. The van der Waals surface area contributed by atoms with Gasteiger partial charge < -0.3 is 20.3 Å². The molecule has 152 valence electrons. The van der Waals surface area contributed by atoms with Gasteiger partial charge in [0, 0.05) is 19.5 Å². The van der Waals surface area contributed by atoms with Gasteiger partial charge in [0.1, 0.15) is 6.04 Å². The summed E-state index contributed by atoms with van der Waals surface area (Å²) in [6, 6.07) is 3.72. The Hall–Kier alpha value is -2.61. The van der Waals surface area contributed by atoms with Crippen molar-refractivity contribution in [2.24, 2.45) is 0 Å². The third-order valence-corrected chi connectivity index (χ3v) is 4.52.